The molecule has 3 amide bonds. The lowest BCUT2D eigenvalue weighted by atomic mass is 9.89. The lowest BCUT2D eigenvalue weighted by Crippen LogP contribution is -2.44. The minimum atomic E-state index is -1.17. The fourth-order valence-corrected chi connectivity index (χ4v) is 3.54. The Labute approximate surface area is 124 Å². The highest BCUT2D eigenvalue weighted by Crippen LogP contribution is 2.47. The number of carboxylic acid groups (broad SMARTS) is 1. The van der Waals surface area contributed by atoms with Crippen molar-refractivity contribution in [3.63, 3.8) is 0 Å². The normalized spacial score (nSPS) is 27.4. The molecule has 0 aromatic heterocycles. The molecule has 0 radical (unpaired) electrons. The van der Waals surface area contributed by atoms with Crippen LogP contribution in [0.1, 0.15) is 46.0 Å². The van der Waals surface area contributed by atoms with Gasteiger partial charge in [-0.1, -0.05) is 6.42 Å². The molecule has 21 heavy (non-hydrogen) atoms. The predicted molar refractivity (Wildman–Crippen MR) is 76.5 cm³/mol. The highest BCUT2D eigenvalue weighted by atomic mass is 16.4. The van der Waals surface area contributed by atoms with Crippen molar-refractivity contribution in [3.8, 4) is 0 Å². The molecule has 0 saturated heterocycles. The average Bonchev–Trinajstić information content (AvgIpc) is 2.97. The summed E-state index contributed by atoms with van der Waals surface area (Å²) in [7, 11) is 0. The molecule has 6 heteroatoms. The quantitative estimate of drug-likeness (QED) is 0.720. The molecule has 2 bridgehead atoms. The standard InChI is InChI=1S/C15H24N2O4/c1-15(2,13(19)20)7-12(18)17-14(21)16-8-11-6-9-3-4-10(11)5-9/h9-11H,3-8H2,1-2H3,(H,19,20)(H2,16,17,18,21). The van der Waals surface area contributed by atoms with Gasteiger partial charge in [0.15, 0.2) is 0 Å². The molecule has 2 fully saturated rings. The summed E-state index contributed by atoms with van der Waals surface area (Å²) >= 11 is 0. The zero-order chi connectivity index (χ0) is 15.6. The van der Waals surface area contributed by atoms with Gasteiger partial charge in [0.2, 0.25) is 5.91 Å². The van der Waals surface area contributed by atoms with Crippen LogP contribution in [0.3, 0.4) is 0 Å². The number of rotatable bonds is 5. The van der Waals surface area contributed by atoms with Crippen LogP contribution in [0.15, 0.2) is 0 Å². The van der Waals surface area contributed by atoms with Crippen molar-refractivity contribution in [2.24, 2.45) is 23.2 Å². The first-order valence-corrected chi connectivity index (χ1v) is 7.59. The van der Waals surface area contributed by atoms with Gasteiger partial charge >= 0.3 is 12.0 Å². The Balaban J connectivity index is 1.69. The first-order valence-electron chi connectivity index (χ1n) is 7.59. The average molecular weight is 296 g/mol. The number of carbonyl (C=O) groups is 3. The van der Waals surface area contributed by atoms with E-state index in [9.17, 15) is 14.4 Å². The lowest BCUT2D eigenvalue weighted by Gasteiger charge is -2.22. The van der Waals surface area contributed by atoms with Crippen LogP contribution in [-0.4, -0.2) is 29.6 Å². The van der Waals surface area contributed by atoms with Gasteiger partial charge in [-0.15, -0.1) is 0 Å². The molecule has 0 aromatic rings. The molecule has 6 nitrogen and oxygen atoms in total. The van der Waals surface area contributed by atoms with Gasteiger partial charge in [0, 0.05) is 13.0 Å². The van der Waals surface area contributed by atoms with Gasteiger partial charge in [-0.05, 0) is 50.9 Å². The summed E-state index contributed by atoms with van der Waals surface area (Å²) in [5, 5.41) is 13.9. The maximum atomic E-state index is 11.7. The second-order valence-corrected chi connectivity index (χ2v) is 7.06. The summed E-state index contributed by atoms with van der Waals surface area (Å²) in [5.41, 5.74) is -1.17. The molecular formula is C15H24N2O4. The number of hydrogen-bond acceptors (Lipinski definition) is 3. The van der Waals surface area contributed by atoms with E-state index in [1.807, 2.05) is 0 Å². The maximum absolute atomic E-state index is 11.7. The van der Waals surface area contributed by atoms with Crippen LogP contribution in [-0.2, 0) is 9.59 Å². The van der Waals surface area contributed by atoms with E-state index in [4.69, 9.17) is 5.11 Å². The largest absolute Gasteiger partial charge is 0.481 e. The van der Waals surface area contributed by atoms with E-state index in [-0.39, 0.29) is 6.42 Å². The van der Waals surface area contributed by atoms with Crippen LogP contribution >= 0.6 is 0 Å². The molecule has 3 N–H and O–H groups in total. The molecule has 3 unspecified atom stereocenters. The van der Waals surface area contributed by atoms with E-state index >= 15 is 0 Å². The second-order valence-electron chi connectivity index (χ2n) is 7.06. The summed E-state index contributed by atoms with van der Waals surface area (Å²) in [6.45, 7) is 3.52. The minimum absolute atomic E-state index is 0.218. The van der Waals surface area contributed by atoms with Crippen LogP contribution in [0.4, 0.5) is 4.79 Å². The van der Waals surface area contributed by atoms with Crippen molar-refractivity contribution in [3.05, 3.63) is 0 Å². The highest BCUT2D eigenvalue weighted by molar-refractivity contribution is 5.96. The van der Waals surface area contributed by atoms with E-state index in [2.05, 4.69) is 10.6 Å². The molecule has 0 spiro atoms. The second kappa shape index (κ2) is 6.03. The molecule has 118 valence electrons. The Morgan fingerprint density at radius 3 is 2.43 bits per heavy atom. The van der Waals surface area contributed by atoms with Crippen molar-refractivity contribution >= 4 is 17.9 Å². The van der Waals surface area contributed by atoms with Crippen LogP contribution in [0, 0.1) is 23.2 Å². The number of aliphatic carboxylic acids is 1. The Bertz CT molecular complexity index is 447. The monoisotopic (exact) mass is 296 g/mol. The molecule has 2 aliphatic carbocycles. The lowest BCUT2D eigenvalue weighted by molar-refractivity contribution is -0.149. The Morgan fingerprint density at radius 2 is 1.90 bits per heavy atom. The number of hydrogen-bond donors (Lipinski definition) is 3. The third-order valence-electron chi connectivity index (χ3n) is 4.84. The van der Waals surface area contributed by atoms with E-state index in [1.54, 1.807) is 0 Å². The van der Waals surface area contributed by atoms with Gasteiger partial charge in [0.05, 0.1) is 5.41 Å². The fourth-order valence-electron chi connectivity index (χ4n) is 3.54. The predicted octanol–water partition coefficient (Wildman–Crippen LogP) is 1.75. The Hall–Kier alpha value is -1.59. The number of fused-ring (bicyclic) bond motifs is 2. The first kappa shape index (κ1) is 15.8. The smallest absolute Gasteiger partial charge is 0.321 e. The third kappa shape index (κ3) is 3.95. The molecule has 0 heterocycles. The first-order chi connectivity index (χ1) is 9.78. The number of carboxylic acids is 1. The van der Waals surface area contributed by atoms with Gasteiger partial charge in [-0.3, -0.25) is 14.9 Å². The van der Waals surface area contributed by atoms with Crippen LogP contribution in [0.2, 0.25) is 0 Å². The summed E-state index contributed by atoms with van der Waals surface area (Å²) in [6, 6.07) is -0.524. The molecule has 0 aromatic carbocycles. The van der Waals surface area contributed by atoms with Gasteiger partial charge < -0.3 is 10.4 Å². The van der Waals surface area contributed by atoms with Crippen molar-refractivity contribution in [2.75, 3.05) is 6.54 Å². The summed E-state index contributed by atoms with van der Waals surface area (Å²) in [4.78, 5) is 34.3. The Kier molecular flexibility index (Phi) is 4.54. The van der Waals surface area contributed by atoms with E-state index < -0.39 is 23.3 Å². The highest BCUT2D eigenvalue weighted by Gasteiger charge is 2.39. The van der Waals surface area contributed by atoms with E-state index in [0.717, 1.165) is 11.8 Å². The van der Waals surface area contributed by atoms with Gasteiger partial charge in [-0.25, -0.2) is 4.79 Å². The van der Waals surface area contributed by atoms with Gasteiger partial charge in [0.25, 0.3) is 0 Å². The molecule has 0 aliphatic heterocycles. The third-order valence-corrected chi connectivity index (χ3v) is 4.84. The van der Waals surface area contributed by atoms with E-state index in [1.165, 1.54) is 39.5 Å². The van der Waals surface area contributed by atoms with Crippen LogP contribution < -0.4 is 10.6 Å². The number of imide groups is 1. The van der Waals surface area contributed by atoms with Crippen molar-refractivity contribution in [2.45, 2.75) is 46.0 Å². The number of urea groups is 1. The van der Waals surface area contributed by atoms with E-state index in [0.29, 0.717) is 12.5 Å². The Morgan fingerprint density at radius 1 is 1.19 bits per heavy atom. The topological polar surface area (TPSA) is 95.5 Å². The maximum Gasteiger partial charge on any atom is 0.321 e. The number of nitrogens with one attached hydrogen (secondary N) is 2. The minimum Gasteiger partial charge on any atom is -0.481 e. The zero-order valence-corrected chi connectivity index (χ0v) is 12.6. The summed E-state index contributed by atoms with van der Waals surface area (Å²) in [5.74, 6) is 0.452. The summed E-state index contributed by atoms with van der Waals surface area (Å²) in [6.07, 6.45) is 4.80. The van der Waals surface area contributed by atoms with Crippen molar-refractivity contribution in [1.29, 1.82) is 0 Å². The van der Waals surface area contributed by atoms with Gasteiger partial charge in [-0.2, -0.15) is 0 Å². The van der Waals surface area contributed by atoms with Crippen molar-refractivity contribution in [1.82, 2.24) is 10.6 Å². The SMILES string of the molecule is CC(C)(CC(=O)NC(=O)NCC1CC2CCC1C2)C(=O)O. The molecule has 3 atom stereocenters. The zero-order valence-electron chi connectivity index (χ0n) is 12.6. The number of carbonyl (C=O) groups excluding carboxylic acids is 2. The van der Waals surface area contributed by atoms with Gasteiger partial charge in [0.1, 0.15) is 0 Å². The molecule has 2 aliphatic rings. The van der Waals surface area contributed by atoms with Crippen molar-refractivity contribution < 1.29 is 19.5 Å². The summed E-state index contributed by atoms with van der Waals surface area (Å²) < 4.78 is 0. The molecular weight excluding hydrogens is 272 g/mol. The number of amides is 3. The molecule has 2 saturated carbocycles. The van der Waals surface area contributed by atoms with Crippen LogP contribution in [0.5, 0.6) is 0 Å². The van der Waals surface area contributed by atoms with Crippen LogP contribution in [0.25, 0.3) is 0 Å². The fraction of sp³-hybridized carbons (Fsp3) is 0.800. The molecule has 2 rings (SSSR count).